The number of alkyl halides is 1. The second kappa shape index (κ2) is 14.0. The molecule has 5 aliphatic rings. The zero-order valence-electron chi connectivity index (χ0n) is 31.6. The Kier molecular flexibility index (Phi) is 9.34. The van der Waals surface area contributed by atoms with Gasteiger partial charge in [0, 0.05) is 47.6 Å². The number of carbonyl (C=O) groups excluding carboxylic acids is 4. The number of carboxylic acids is 1. The number of benzene rings is 4. The van der Waals surface area contributed by atoms with Crippen LogP contribution in [0.4, 0.5) is 16.2 Å². The third kappa shape index (κ3) is 6.07. The van der Waals surface area contributed by atoms with Crippen LogP contribution >= 0.6 is 11.6 Å². The van der Waals surface area contributed by atoms with Gasteiger partial charge in [-0.3, -0.25) is 14.4 Å². The summed E-state index contributed by atoms with van der Waals surface area (Å²) in [6, 6.07) is 24.8. The first kappa shape index (κ1) is 37.5. The van der Waals surface area contributed by atoms with E-state index in [0.29, 0.717) is 49.3 Å². The fraction of sp³-hybridized carbons (Fsp3) is 0.386. The lowest BCUT2D eigenvalue weighted by Crippen LogP contribution is -2.70. The summed E-state index contributed by atoms with van der Waals surface area (Å²) in [5.41, 5.74) is 3.84. The van der Waals surface area contributed by atoms with Crippen molar-refractivity contribution in [3.05, 3.63) is 95.6 Å². The zero-order chi connectivity index (χ0) is 39.6. The van der Waals surface area contributed by atoms with Crippen molar-refractivity contribution >= 4 is 63.9 Å². The number of anilines is 2. The highest BCUT2D eigenvalue weighted by atomic mass is 35.5. The molecule has 3 fully saturated rings. The second-order valence-corrected chi connectivity index (χ2v) is 16.9. The van der Waals surface area contributed by atoms with E-state index < -0.39 is 40.4 Å². The highest BCUT2D eigenvalue weighted by Gasteiger charge is 2.76. The number of carbonyl (C=O) groups is 5. The number of amides is 3. The Bertz CT molecular complexity index is 2230. The van der Waals surface area contributed by atoms with Gasteiger partial charge in [-0.2, -0.15) is 0 Å². The number of aldehydes is 1. The molecule has 9 rings (SSSR count). The summed E-state index contributed by atoms with van der Waals surface area (Å²) in [5.74, 6) is -1.75. The third-order valence-corrected chi connectivity index (χ3v) is 12.8. The van der Waals surface area contributed by atoms with Gasteiger partial charge in [0.15, 0.2) is 0 Å². The monoisotopic (exact) mass is 776 g/mol. The summed E-state index contributed by atoms with van der Waals surface area (Å²) in [7, 11) is 0. The van der Waals surface area contributed by atoms with Crippen molar-refractivity contribution in [1.29, 1.82) is 0 Å². The van der Waals surface area contributed by atoms with Gasteiger partial charge in [-0.25, -0.2) is 4.79 Å². The molecule has 1 heterocycles. The molecule has 290 valence electrons. The minimum Gasteiger partial charge on any atom is -0.481 e. The van der Waals surface area contributed by atoms with Crippen LogP contribution in [0.25, 0.3) is 21.9 Å². The number of nitrogens with zero attached hydrogens (tertiary/aromatic N) is 1. The molecule has 0 radical (unpaired) electrons. The lowest BCUT2D eigenvalue weighted by Gasteiger charge is -2.67. The van der Waals surface area contributed by atoms with E-state index >= 15 is 0 Å². The van der Waals surface area contributed by atoms with Crippen LogP contribution in [0.3, 0.4) is 0 Å². The standard InChI is InChI=1S/C44H45ClN4O7/c1-25(2)37(47-41(55)56-19-33-29-12-6-4-10-27(29)28-11-5-7-13-30(28)33)38(51)48-42(3,24-50)23-46-34-16-35-36(32-15-9-8-14-31(32)34)26(17-45)18-49(35)39(52)43-20-44(21-43,22-43)40(53)54/h4-16,24-26,33,37,46H,17-23H2,1-3H3,(H,47,55)(H,48,51)(H,53,54)/t26-,37+,42-,43?,44?/m1/s1. The van der Waals surface area contributed by atoms with Crippen LogP contribution in [0.5, 0.6) is 0 Å². The first-order chi connectivity index (χ1) is 26.8. The number of halogens is 1. The minimum absolute atomic E-state index is 0.00126. The van der Waals surface area contributed by atoms with Crippen molar-refractivity contribution in [3.8, 4) is 11.1 Å². The van der Waals surface area contributed by atoms with Crippen molar-refractivity contribution < 1.29 is 33.8 Å². The number of alkyl carbamates (subject to hydrolysis) is 1. The Morgan fingerprint density at radius 2 is 1.55 bits per heavy atom. The summed E-state index contributed by atoms with van der Waals surface area (Å²) in [4.78, 5) is 67.3. The highest BCUT2D eigenvalue weighted by molar-refractivity contribution is 6.19. The van der Waals surface area contributed by atoms with Crippen LogP contribution in [0.2, 0.25) is 0 Å². The summed E-state index contributed by atoms with van der Waals surface area (Å²) in [6.45, 7) is 5.69. The number of ether oxygens (including phenoxy) is 1. The third-order valence-electron chi connectivity index (χ3n) is 12.4. The Morgan fingerprint density at radius 3 is 2.14 bits per heavy atom. The van der Waals surface area contributed by atoms with Gasteiger partial charge in [0.2, 0.25) is 11.8 Å². The molecule has 4 aliphatic carbocycles. The SMILES string of the molecule is CC(C)[C@H](NC(=O)OCC1c2ccccc2-c2ccccc21)C(=O)N[C@@](C)(C=O)CNc1cc2c(c3ccccc13)[C@H](CCl)CN2C(=O)C12CC(C(=O)O)(C1)C2. The summed E-state index contributed by atoms with van der Waals surface area (Å²) in [6.07, 6.45) is 0.959. The van der Waals surface area contributed by atoms with Crippen LogP contribution in [-0.2, 0) is 23.9 Å². The molecule has 12 heteroatoms. The van der Waals surface area contributed by atoms with Crippen molar-refractivity contribution in [2.24, 2.45) is 16.7 Å². The van der Waals surface area contributed by atoms with Gasteiger partial charge in [0.05, 0.1) is 10.8 Å². The number of nitrogens with one attached hydrogen (secondary N) is 3. The molecular formula is C44H45ClN4O7. The number of hydrogen-bond acceptors (Lipinski definition) is 7. The normalized spacial score (nSPS) is 23.1. The van der Waals surface area contributed by atoms with E-state index in [1.807, 2.05) is 66.7 Å². The maximum Gasteiger partial charge on any atom is 0.407 e. The molecule has 0 aromatic heterocycles. The maximum atomic E-state index is 14.0. The second-order valence-electron chi connectivity index (χ2n) is 16.6. The Morgan fingerprint density at radius 1 is 0.946 bits per heavy atom. The van der Waals surface area contributed by atoms with E-state index in [2.05, 4.69) is 28.1 Å². The van der Waals surface area contributed by atoms with Crippen molar-refractivity contribution in [1.82, 2.24) is 10.6 Å². The van der Waals surface area contributed by atoms with Gasteiger partial charge in [-0.15, -0.1) is 11.6 Å². The molecular weight excluding hydrogens is 732 g/mol. The number of rotatable bonds is 13. The van der Waals surface area contributed by atoms with Gasteiger partial charge in [-0.05, 0) is 71.4 Å². The lowest BCUT2D eigenvalue weighted by molar-refractivity contribution is -0.219. The van der Waals surface area contributed by atoms with Gasteiger partial charge in [-0.1, -0.05) is 86.6 Å². The van der Waals surface area contributed by atoms with Crippen LogP contribution in [0.15, 0.2) is 78.9 Å². The van der Waals surface area contributed by atoms with Crippen LogP contribution in [0, 0.1) is 16.7 Å². The predicted octanol–water partition coefficient (Wildman–Crippen LogP) is 6.81. The van der Waals surface area contributed by atoms with E-state index in [1.54, 1.807) is 25.7 Å². The number of carboxylic acid groups (broad SMARTS) is 1. The van der Waals surface area contributed by atoms with E-state index in [9.17, 15) is 29.1 Å². The molecule has 3 amide bonds. The van der Waals surface area contributed by atoms with Crippen LogP contribution < -0.4 is 20.9 Å². The van der Waals surface area contributed by atoms with Gasteiger partial charge < -0.3 is 35.5 Å². The molecule has 0 unspecified atom stereocenters. The molecule has 11 nitrogen and oxygen atoms in total. The largest absolute Gasteiger partial charge is 0.481 e. The molecule has 2 bridgehead atoms. The molecule has 0 saturated heterocycles. The molecule has 3 atom stereocenters. The van der Waals surface area contributed by atoms with E-state index in [0.717, 1.165) is 38.6 Å². The van der Waals surface area contributed by atoms with Gasteiger partial charge in [0.1, 0.15) is 24.5 Å². The number of hydrogen-bond donors (Lipinski definition) is 4. The molecule has 4 aromatic rings. The number of fused-ring (bicyclic) bond motifs is 6. The Labute approximate surface area is 330 Å². The van der Waals surface area contributed by atoms with Gasteiger partial charge >= 0.3 is 12.1 Å². The molecule has 3 saturated carbocycles. The lowest BCUT2D eigenvalue weighted by atomic mass is 9.34. The smallest absolute Gasteiger partial charge is 0.407 e. The van der Waals surface area contributed by atoms with Crippen LogP contribution in [0.1, 0.15) is 68.6 Å². The van der Waals surface area contributed by atoms with E-state index in [1.165, 1.54) is 0 Å². The zero-order valence-corrected chi connectivity index (χ0v) is 32.3. The molecule has 4 aromatic carbocycles. The fourth-order valence-electron chi connectivity index (χ4n) is 9.49. The first-order valence-corrected chi connectivity index (χ1v) is 19.7. The van der Waals surface area contributed by atoms with Crippen molar-refractivity contribution in [2.75, 3.05) is 35.8 Å². The Balaban J connectivity index is 0.962. The topological polar surface area (TPSA) is 154 Å². The molecule has 56 heavy (non-hydrogen) atoms. The van der Waals surface area contributed by atoms with Gasteiger partial charge in [0.25, 0.3) is 0 Å². The van der Waals surface area contributed by atoms with Crippen molar-refractivity contribution in [3.63, 3.8) is 0 Å². The Hall–Kier alpha value is -5.42. The summed E-state index contributed by atoms with van der Waals surface area (Å²) in [5, 5.41) is 20.4. The molecule has 4 N–H and O–H groups in total. The van der Waals surface area contributed by atoms with E-state index in [4.69, 9.17) is 16.3 Å². The first-order valence-electron chi connectivity index (χ1n) is 19.1. The quantitative estimate of drug-likeness (QED) is 0.0853. The van der Waals surface area contributed by atoms with Crippen molar-refractivity contribution in [2.45, 2.75) is 63.5 Å². The van der Waals surface area contributed by atoms with E-state index in [-0.39, 0.29) is 36.8 Å². The number of aliphatic carboxylic acids is 1. The predicted molar refractivity (Wildman–Crippen MR) is 214 cm³/mol. The average molecular weight is 777 g/mol. The summed E-state index contributed by atoms with van der Waals surface area (Å²) >= 11 is 6.49. The highest BCUT2D eigenvalue weighted by Crippen LogP contribution is 2.74. The molecule has 0 spiro atoms. The molecule has 1 aliphatic heterocycles. The summed E-state index contributed by atoms with van der Waals surface area (Å²) < 4.78 is 5.73. The minimum atomic E-state index is -1.39. The average Bonchev–Trinajstić information content (AvgIpc) is 3.69. The fourth-order valence-corrected chi connectivity index (χ4v) is 9.75. The maximum absolute atomic E-state index is 14.0. The van der Waals surface area contributed by atoms with Crippen LogP contribution in [-0.4, -0.2) is 72.4 Å².